The number of nitrogens with one attached hydrogen (secondary N) is 1. The molecule has 9 heteroatoms. The lowest BCUT2D eigenvalue weighted by atomic mass is 10.2. The van der Waals surface area contributed by atoms with Crippen LogP contribution >= 0.6 is 11.3 Å². The highest BCUT2D eigenvalue weighted by Gasteiger charge is 2.14. The number of benzene rings is 2. The number of hydrogen-bond acceptors (Lipinski definition) is 8. The molecule has 0 unspecified atom stereocenters. The van der Waals surface area contributed by atoms with Crippen LogP contribution in [0.15, 0.2) is 42.5 Å². The molecule has 0 aliphatic rings. The predicted molar refractivity (Wildman–Crippen MR) is 123 cm³/mol. The number of aromatic nitrogens is 1. The van der Waals surface area contributed by atoms with Crippen molar-refractivity contribution < 1.29 is 23.9 Å². The van der Waals surface area contributed by atoms with Crippen molar-refractivity contribution in [3.8, 4) is 5.75 Å². The minimum Gasteiger partial charge on any atom is -0.461 e. The van der Waals surface area contributed by atoms with E-state index in [4.69, 9.17) is 9.47 Å². The molecular weight excluding hydrogens is 430 g/mol. The zero-order valence-electron chi connectivity index (χ0n) is 18.2. The molecule has 0 saturated heterocycles. The number of carbonyl (C=O) groups is 3. The highest BCUT2D eigenvalue weighted by molar-refractivity contribution is 7.22. The molecule has 0 radical (unpaired) electrons. The largest absolute Gasteiger partial charge is 0.461 e. The molecule has 0 bridgehead atoms. The molecule has 1 amide bonds. The summed E-state index contributed by atoms with van der Waals surface area (Å²) in [6.45, 7) is 8.29. The van der Waals surface area contributed by atoms with Crippen molar-refractivity contribution in [1.82, 2.24) is 9.88 Å². The third-order valence-electron chi connectivity index (χ3n) is 4.76. The van der Waals surface area contributed by atoms with Crippen molar-refractivity contribution >= 4 is 44.5 Å². The molecule has 168 valence electrons. The van der Waals surface area contributed by atoms with Crippen LogP contribution in [0.5, 0.6) is 5.75 Å². The molecule has 32 heavy (non-hydrogen) atoms. The summed E-state index contributed by atoms with van der Waals surface area (Å²) in [6, 6.07) is 11.3. The zero-order valence-corrected chi connectivity index (χ0v) is 19.0. The van der Waals surface area contributed by atoms with Gasteiger partial charge in [0.15, 0.2) is 5.13 Å². The van der Waals surface area contributed by atoms with Crippen LogP contribution in [0.1, 0.15) is 41.5 Å². The van der Waals surface area contributed by atoms with E-state index in [1.165, 1.54) is 18.3 Å². The topological polar surface area (TPSA) is 97.8 Å². The number of ether oxygens (including phenoxy) is 2. The Morgan fingerprint density at radius 1 is 1.03 bits per heavy atom. The summed E-state index contributed by atoms with van der Waals surface area (Å²) in [7, 11) is 0. The molecule has 0 aliphatic heterocycles. The number of amides is 1. The lowest BCUT2D eigenvalue weighted by Crippen LogP contribution is -2.27. The molecule has 3 aromatic rings. The fraction of sp³-hybridized carbons (Fsp3) is 0.304. The molecule has 1 N–H and O–H groups in total. The number of likely N-dealkylation sites (N-methyl/N-ethyl adjacent to an activating group) is 1. The first-order valence-corrected chi connectivity index (χ1v) is 11.1. The van der Waals surface area contributed by atoms with Gasteiger partial charge in [-0.2, -0.15) is 0 Å². The lowest BCUT2D eigenvalue weighted by Gasteiger charge is -2.17. The third-order valence-corrected chi connectivity index (χ3v) is 5.69. The van der Waals surface area contributed by atoms with Gasteiger partial charge in [-0.05, 0) is 55.6 Å². The molecule has 8 nitrogen and oxygen atoms in total. The minimum absolute atomic E-state index is 0.332. The predicted octanol–water partition coefficient (Wildman–Crippen LogP) is 3.97. The maximum atomic E-state index is 12.5. The van der Waals surface area contributed by atoms with Crippen molar-refractivity contribution in [3.05, 3.63) is 53.6 Å². The zero-order chi connectivity index (χ0) is 23.1. The van der Waals surface area contributed by atoms with E-state index >= 15 is 0 Å². The average Bonchev–Trinajstić information content (AvgIpc) is 3.18. The molecule has 1 aromatic heterocycles. The SMILES string of the molecule is CCN(CC)CCOC(=O)c1ccc2nc(NC(=O)c3ccc(OC(C)=O)cc3)sc2c1. The number of rotatable bonds is 9. The molecule has 0 saturated carbocycles. The van der Waals surface area contributed by atoms with Crippen molar-refractivity contribution in [3.63, 3.8) is 0 Å². The van der Waals surface area contributed by atoms with E-state index in [1.54, 1.807) is 42.5 Å². The van der Waals surface area contributed by atoms with Gasteiger partial charge in [-0.25, -0.2) is 9.78 Å². The summed E-state index contributed by atoms with van der Waals surface area (Å²) in [5.74, 6) is -0.783. The summed E-state index contributed by atoms with van der Waals surface area (Å²) in [4.78, 5) is 42.4. The second-order valence-electron chi connectivity index (χ2n) is 6.94. The fourth-order valence-corrected chi connectivity index (χ4v) is 3.91. The fourth-order valence-electron chi connectivity index (χ4n) is 3.01. The maximum absolute atomic E-state index is 12.5. The lowest BCUT2D eigenvalue weighted by molar-refractivity contribution is -0.131. The van der Waals surface area contributed by atoms with Gasteiger partial charge in [0.25, 0.3) is 5.91 Å². The van der Waals surface area contributed by atoms with Crippen LogP contribution in [0.4, 0.5) is 5.13 Å². The smallest absolute Gasteiger partial charge is 0.338 e. The van der Waals surface area contributed by atoms with Gasteiger partial charge in [0.2, 0.25) is 0 Å². The summed E-state index contributed by atoms with van der Waals surface area (Å²) >= 11 is 1.27. The van der Waals surface area contributed by atoms with E-state index in [1.807, 2.05) is 0 Å². The Bertz CT molecular complexity index is 1110. The van der Waals surface area contributed by atoms with Crippen LogP contribution in [0.2, 0.25) is 0 Å². The quantitative estimate of drug-likeness (QED) is 0.385. The summed E-state index contributed by atoms with van der Waals surface area (Å²) in [5, 5.41) is 3.17. The number of carbonyl (C=O) groups excluding carboxylic acids is 3. The minimum atomic E-state index is -0.427. The molecule has 0 atom stereocenters. The second-order valence-corrected chi connectivity index (χ2v) is 7.97. The van der Waals surface area contributed by atoms with Gasteiger partial charge in [0, 0.05) is 19.0 Å². The Kier molecular flexibility index (Phi) is 7.91. The van der Waals surface area contributed by atoms with Crippen LogP contribution in [0.3, 0.4) is 0 Å². The molecule has 1 heterocycles. The Labute approximate surface area is 190 Å². The normalized spacial score (nSPS) is 10.9. The van der Waals surface area contributed by atoms with Gasteiger partial charge < -0.3 is 14.4 Å². The number of esters is 2. The molecule has 0 aliphatic carbocycles. The van der Waals surface area contributed by atoms with E-state index in [0.717, 1.165) is 17.8 Å². The van der Waals surface area contributed by atoms with Gasteiger partial charge in [0.1, 0.15) is 12.4 Å². The van der Waals surface area contributed by atoms with Crippen LogP contribution in [0, 0.1) is 0 Å². The highest BCUT2D eigenvalue weighted by Crippen LogP contribution is 2.27. The van der Waals surface area contributed by atoms with E-state index in [0.29, 0.717) is 40.7 Å². The van der Waals surface area contributed by atoms with Crippen molar-refractivity contribution in [2.45, 2.75) is 20.8 Å². The molecule has 2 aromatic carbocycles. The molecule has 3 rings (SSSR count). The summed E-state index contributed by atoms with van der Waals surface area (Å²) in [5.41, 5.74) is 1.52. The van der Waals surface area contributed by atoms with Crippen molar-refractivity contribution in [2.75, 3.05) is 31.6 Å². The van der Waals surface area contributed by atoms with Crippen LogP contribution in [-0.4, -0.2) is 54.0 Å². The third kappa shape index (κ3) is 6.12. The second kappa shape index (κ2) is 10.8. The monoisotopic (exact) mass is 455 g/mol. The highest BCUT2D eigenvalue weighted by atomic mass is 32.1. The van der Waals surface area contributed by atoms with Crippen molar-refractivity contribution in [2.24, 2.45) is 0 Å². The molecule has 0 fully saturated rings. The number of thiazole rings is 1. The van der Waals surface area contributed by atoms with Crippen LogP contribution in [0.25, 0.3) is 10.2 Å². The van der Waals surface area contributed by atoms with Gasteiger partial charge >= 0.3 is 11.9 Å². The van der Waals surface area contributed by atoms with E-state index < -0.39 is 5.97 Å². The number of anilines is 1. The molecular formula is C23H25N3O5S. The standard InChI is InChI=1S/C23H25N3O5S/c1-4-26(5-2)12-13-30-22(29)17-8-11-19-20(14-17)32-23(24-19)25-21(28)16-6-9-18(10-7-16)31-15(3)27/h6-11,14H,4-5,12-13H2,1-3H3,(H,24,25,28). The van der Waals surface area contributed by atoms with Gasteiger partial charge in [-0.3, -0.25) is 14.9 Å². The molecule has 0 spiro atoms. The van der Waals surface area contributed by atoms with Gasteiger partial charge in [-0.1, -0.05) is 25.2 Å². The van der Waals surface area contributed by atoms with Crippen LogP contribution < -0.4 is 10.1 Å². The van der Waals surface area contributed by atoms with Crippen LogP contribution in [-0.2, 0) is 9.53 Å². The Balaban J connectivity index is 1.63. The Hall–Kier alpha value is -3.30. The summed E-state index contributed by atoms with van der Waals surface area (Å²) in [6.07, 6.45) is 0. The number of nitrogens with zero attached hydrogens (tertiary/aromatic N) is 2. The van der Waals surface area contributed by atoms with E-state index in [9.17, 15) is 14.4 Å². The number of hydrogen-bond donors (Lipinski definition) is 1. The van der Waals surface area contributed by atoms with E-state index in [2.05, 4.69) is 29.0 Å². The first-order chi connectivity index (χ1) is 15.4. The first kappa shape index (κ1) is 23.4. The van der Waals surface area contributed by atoms with Gasteiger partial charge in [0.05, 0.1) is 15.8 Å². The Morgan fingerprint density at radius 3 is 2.38 bits per heavy atom. The maximum Gasteiger partial charge on any atom is 0.338 e. The van der Waals surface area contributed by atoms with Gasteiger partial charge in [-0.15, -0.1) is 0 Å². The van der Waals surface area contributed by atoms with Crippen molar-refractivity contribution in [1.29, 1.82) is 0 Å². The first-order valence-electron chi connectivity index (χ1n) is 10.3. The average molecular weight is 456 g/mol. The summed E-state index contributed by atoms with van der Waals surface area (Å²) < 4.78 is 11.1. The number of fused-ring (bicyclic) bond motifs is 1. The van der Waals surface area contributed by atoms with E-state index in [-0.39, 0.29) is 11.9 Å². The Morgan fingerprint density at radius 2 is 1.72 bits per heavy atom.